The topological polar surface area (TPSA) is 69.0 Å². The minimum Gasteiger partial charge on any atom is -0.406 e. The van der Waals surface area contributed by atoms with Crippen molar-refractivity contribution in [2.45, 2.75) is 12.6 Å². The van der Waals surface area contributed by atoms with E-state index in [-0.39, 0.29) is 12.4 Å². The summed E-state index contributed by atoms with van der Waals surface area (Å²) in [5.41, 5.74) is -0.317. The molecule has 0 aliphatic carbocycles. The fraction of sp³-hybridized carbons (Fsp3) is 0.167. The third-order valence-corrected chi connectivity index (χ3v) is 3.92. The highest BCUT2D eigenvalue weighted by Gasteiger charge is 2.40. The Morgan fingerprint density at radius 2 is 1.93 bits per heavy atom. The van der Waals surface area contributed by atoms with E-state index >= 15 is 0 Å². The van der Waals surface area contributed by atoms with Gasteiger partial charge in [-0.25, -0.2) is 14.5 Å². The van der Waals surface area contributed by atoms with Crippen LogP contribution in [0.2, 0.25) is 5.02 Å². The maximum Gasteiger partial charge on any atom is 0.437 e. The Kier molecular flexibility index (Phi) is 5.84. The minimum absolute atomic E-state index is 0.0483. The predicted molar refractivity (Wildman–Crippen MR) is 95.5 cm³/mol. The average Bonchev–Trinajstić information content (AvgIpc) is 3.08. The van der Waals surface area contributed by atoms with E-state index in [1.807, 2.05) is 0 Å². The smallest absolute Gasteiger partial charge is 0.406 e. The molecule has 2 aromatic heterocycles. The molecule has 1 N–H and O–H groups in total. The van der Waals surface area contributed by atoms with E-state index in [0.29, 0.717) is 16.1 Å². The van der Waals surface area contributed by atoms with E-state index in [2.05, 4.69) is 15.4 Å². The van der Waals surface area contributed by atoms with Crippen molar-refractivity contribution in [3.05, 3.63) is 71.1 Å². The lowest BCUT2D eigenvalue weighted by Crippen LogP contribution is -2.29. The molecule has 0 unspecified atom stereocenters. The van der Waals surface area contributed by atoms with Gasteiger partial charge in [-0.05, 0) is 36.2 Å². The van der Waals surface area contributed by atoms with Crippen molar-refractivity contribution in [3.8, 4) is 11.6 Å². The van der Waals surface area contributed by atoms with Crippen LogP contribution in [-0.2, 0) is 12.6 Å². The fourth-order valence-electron chi connectivity index (χ4n) is 2.42. The van der Waals surface area contributed by atoms with Crippen LogP contribution in [0.4, 0.5) is 18.0 Å². The van der Waals surface area contributed by atoms with Gasteiger partial charge in [0.2, 0.25) is 0 Å². The monoisotopic (exact) mass is 410 g/mol. The Morgan fingerprint density at radius 3 is 2.57 bits per heavy atom. The maximum atomic E-state index is 13.5. The van der Waals surface area contributed by atoms with E-state index in [4.69, 9.17) is 16.3 Å². The summed E-state index contributed by atoms with van der Waals surface area (Å²) in [5, 5.41) is 6.65. The van der Waals surface area contributed by atoms with Crippen molar-refractivity contribution in [1.82, 2.24) is 20.1 Å². The summed E-state index contributed by atoms with van der Waals surface area (Å²) in [7, 11) is 0. The third-order valence-electron chi connectivity index (χ3n) is 3.67. The number of nitrogens with one attached hydrogen (secondary N) is 1. The van der Waals surface area contributed by atoms with Gasteiger partial charge in [-0.2, -0.15) is 18.3 Å². The molecule has 0 fully saturated rings. The van der Waals surface area contributed by atoms with Gasteiger partial charge in [0.05, 0.1) is 6.20 Å². The first-order chi connectivity index (χ1) is 13.3. The van der Waals surface area contributed by atoms with Crippen molar-refractivity contribution in [2.24, 2.45) is 0 Å². The van der Waals surface area contributed by atoms with E-state index in [9.17, 15) is 18.0 Å². The van der Waals surface area contributed by atoms with Crippen LogP contribution in [-0.4, -0.2) is 27.4 Å². The summed E-state index contributed by atoms with van der Waals surface area (Å²) in [6, 6.07) is 11.4. The quantitative estimate of drug-likeness (QED) is 0.682. The zero-order chi connectivity index (χ0) is 20.1. The molecule has 0 radical (unpaired) electrons. The molecule has 0 aliphatic heterocycles. The molecule has 2 heterocycles. The first-order valence-electron chi connectivity index (χ1n) is 8.11. The first-order valence-corrected chi connectivity index (χ1v) is 8.49. The highest BCUT2D eigenvalue weighted by molar-refractivity contribution is 6.30. The molecule has 10 heteroatoms. The Labute approximate surface area is 162 Å². The predicted octanol–water partition coefficient (Wildman–Crippen LogP) is 4.27. The minimum atomic E-state index is -4.80. The molecule has 0 saturated heterocycles. The number of ether oxygens (including phenoxy) is 1. The second-order valence-corrected chi connectivity index (χ2v) is 6.08. The third kappa shape index (κ3) is 4.80. The largest absolute Gasteiger partial charge is 0.437 e. The summed E-state index contributed by atoms with van der Waals surface area (Å²) < 4.78 is 45.8. The van der Waals surface area contributed by atoms with Gasteiger partial charge in [0, 0.05) is 17.8 Å². The number of amides is 1. The van der Waals surface area contributed by atoms with Gasteiger partial charge in [0.25, 0.3) is 0 Å². The van der Waals surface area contributed by atoms with E-state index in [1.165, 1.54) is 18.3 Å². The summed E-state index contributed by atoms with van der Waals surface area (Å²) in [6.07, 6.45) is -3.18. The van der Waals surface area contributed by atoms with Gasteiger partial charge >= 0.3 is 12.3 Å². The van der Waals surface area contributed by atoms with E-state index in [1.54, 1.807) is 30.3 Å². The SMILES string of the molecule is O=C(NCCc1ccc(Cl)cc1)Oc1cnn(-c2ccccn2)c1C(F)(F)F. The maximum absolute atomic E-state index is 13.5. The molecule has 6 nitrogen and oxygen atoms in total. The van der Waals surface area contributed by atoms with Crippen molar-refractivity contribution in [2.75, 3.05) is 6.54 Å². The fourth-order valence-corrected chi connectivity index (χ4v) is 2.54. The molecule has 146 valence electrons. The lowest BCUT2D eigenvalue weighted by Gasteiger charge is -2.12. The number of aromatic nitrogens is 3. The molecule has 0 atom stereocenters. The Bertz CT molecular complexity index is 944. The summed E-state index contributed by atoms with van der Waals surface area (Å²) in [6.45, 7) is 0.177. The van der Waals surface area contributed by atoms with Crippen LogP contribution in [0, 0.1) is 0 Å². The number of carbonyl (C=O) groups is 1. The number of pyridine rings is 1. The number of nitrogens with zero attached hydrogens (tertiary/aromatic N) is 3. The molecular weight excluding hydrogens is 397 g/mol. The number of rotatable bonds is 5. The number of halogens is 4. The van der Waals surface area contributed by atoms with Crippen molar-refractivity contribution < 1.29 is 22.7 Å². The van der Waals surface area contributed by atoms with Crippen molar-refractivity contribution in [1.29, 1.82) is 0 Å². The van der Waals surface area contributed by atoms with Gasteiger partial charge < -0.3 is 10.1 Å². The molecule has 1 aromatic carbocycles. The Morgan fingerprint density at radius 1 is 1.18 bits per heavy atom. The number of hydrogen-bond acceptors (Lipinski definition) is 4. The van der Waals surface area contributed by atoms with Crippen LogP contribution in [0.1, 0.15) is 11.3 Å². The van der Waals surface area contributed by atoms with Crippen LogP contribution in [0.3, 0.4) is 0 Å². The number of alkyl halides is 3. The van der Waals surface area contributed by atoms with Crippen molar-refractivity contribution in [3.63, 3.8) is 0 Å². The molecule has 3 rings (SSSR count). The molecular formula is C18H14ClF3N4O2. The highest BCUT2D eigenvalue weighted by atomic mass is 35.5. The van der Waals surface area contributed by atoms with Crippen LogP contribution >= 0.6 is 11.6 Å². The van der Waals surface area contributed by atoms with Gasteiger partial charge in [-0.15, -0.1) is 0 Å². The lowest BCUT2D eigenvalue weighted by molar-refractivity contribution is -0.143. The second-order valence-electron chi connectivity index (χ2n) is 5.65. The molecule has 0 saturated carbocycles. The number of benzene rings is 1. The number of carbonyl (C=O) groups excluding carboxylic acids is 1. The first kappa shape index (κ1) is 19.7. The average molecular weight is 411 g/mol. The lowest BCUT2D eigenvalue weighted by atomic mass is 10.1. The van der Waals surface area contributed by atoms with Crippen LogP contribution in [0.25, 0.3) is 5.82 Å². The summed E-state index contributed by atoms with van der Waals surface area (Å²) >= 11 is 5.79. The normalized spacial score (nSPS) is 11.3. The Balaban J connectivity index is 1.68. The Hall–Kier alpha value is -3.07. The van der Waals surface area contributed by atoms with Crippen LogP contribution in [0.5, 0.6) is 5.75 Å². The van der Waals surface area contributed by atoms with E-state index in [0.717, 1.165) is 11.8 Å². The zero-order valence-electron chi connectivity index (χ0n) is 14.3. The van der Waals surface area contributed by atoms with Crippen molar-refractivity contribution >= 4 is 17.7 Å². The standard InChI is InChI=1S/C18H14ClF3N4O2/c19-13-6-4-12(5-7-13)8-10-24-17(27)28-14-11-25-26(16(14)18(20,21)22)15-3-1-2-9-23-15/h1-7,9,11H,8,10H2,(H,24,27). The highest BCUT2D eigenvalue weighted by Crippen LogP contribution is 2.37. The van der Waals surface area contributed by atoms with Gasteiger partial charge in [-0.1, -0.05) is 29.8 Å². The summed E-state index contributed by atoms with van der Waals surface area (Å²) in [5.74, 6) is -0.755. The van der Waals surface area contributed by atoms with Crippen LogP contribution in [0.15, 0.2) is 54.9 Å². The molecule has 0 aliphatic rings. The molecule has 0 bridgehead atoms. The van der Waals surface area contributed by atoms with Gasteiger partial charge in [0.1, 0.15) is 0 Å². The molecule has 3 aromatic rings. The summed E-state index contributed by atoms with van der Waals surface area (Å²) in [4.78, 5) is 15.7. The molecule has 0 spiro atoms. The second kappa shape index (κ2) is 8.30. The zero-order valence-corrected chi connectivity index (χ0v) is 15.0. The van der Waals surface area contributed by atoms with Gasteiger partial charge in [-0.3, -0.25) is 0 Å². The van der Waals surface area contributed by atoms with Crippen LogP contribution < -0.4 is 10.1 Å². The molecule has 1 amide bonds. The van der Waals surface area contributed by atoms with E-state index < -0.39 is 23.7 Å². The van der Waals surface area contributed by atoms with Gasteiger partial charge in [0.15, 0.2) is 17.3 Å². The molecule has 28 heavy (non-hydrogen) atoms. The number of hydrogen-bond donors (Lipinski definition) is 1.